The van der Waals surface area contributed by atoms with E-state index in [2.05, 4.69) is 34.2 Å². The number of hydrogen-bond donors (Lipinski definition) is 2. The average Bonchev–Trinajstić information content (AvgIpc) is 3.41. The number of nitrogens with one attached hydrogen (secondary N) is 1. The predicted molar refractivity (Wildman–Crippen MR) is 159 cm³/mol. The zero-order valence-corrected chi connectivity index (χ0v) is 24.9. The highest BCUT2D eigenvalue weighted by Gasteiger charge is 2.39. The molecule has 0 spiro atoms. The fourth-order valence-corrected chi connectivity index (χ4v) is 7.26. The third-order valence-electron chi connectivity index (χ3n) is 8.83. The summed E-state index contributed by atoms with van der Waals surface area (Å²) >= 11 is 1.82. The quantitative estimate of drug-likeness (QED) is 0.469. The Labute approximate surface area is 247 Å². The Balaban J connectivity index is 1.34. The molecular weight excluding hydrogens is 541 g/mol. The average molecular weight is 586 g/mol. The maximum absolute atomic E-state index is 13.8. The highest BCUT2D eigenvalue weighted by Crippen LogP contribution is 2.28. The van der Waals surface area contributed by atoms with Gasteiger partial charge in [-0.3, -0.25) is 19.4 Å². The SMILES string of the molecule is Cc1ccc(CN(CCN2CCOCC2)C2CCN(C(=O)c3ccc(F)cc3)[C@@H](C(=O)NC3CCC(N)CC3)C2)s1. The van der Waals surface area contributed by atoms with Crippen molar-refractivity contribution in [2.45, 2.75) is 76.2 Å². The van der Waals surface area contributed by atoms with Crippen molar-refractivity contribution in [1.82, 2.24) is 20.0 Å². The molecule has 5 rings (SSSR count). The minimum Gasteiger partial charge on any atom is -0.379 e. The molecule has 2 aromatic rings. The molecule has 2 atom stereocenters. The van der Waals surface area contributed by atoms with Crippen LogP contribution < -0.4 is 11.1 Å². The number of nitrogens with zero attached hydrogens (tertiary/aromatic N) is 3. The maximum atomic E-state index is 13.8. The molecule has 3 heterocycles. The number of piperidine rings is 1. The summed E-state index contributed by atoms with van der Waals surface area (Å²) in [5.41, 5.74) is 6.51. The highest BCUT2D eigenvalue weighted by molar-refractivity contribution is 7.11. The van der Waals surface area contributed by atoms with Crippen LogP contribution in [0.2, 0.25) is 0 Å². The number of nitrogens with two attached hydrogens (primary N) is 1. The van der Waals surface area contributed by atoms with Crippen molar-refractivity contribution < 1.29 is 18.7 Å². The van der Waals surface area contributed by atoms with Gasteiger partial charge in [0, 0.05) is 72.7 Å². The molecule has 3 aliphatic rings. The van der Waals surface area contributed by atoms with E-state index >= 15 is 0 Å². The lowest BCUT2D eigenvalue weighted by Crippen LogP contribution is -2.59. The van der Waals surface area contributed by atoms with Gasteiger partial charge in [0.15, 0.2) is 0 Å². The molecule has 1 aromatic carbocycles. The van der Waals surface area contributed by atoms with Gasteiger partial charge in [0.1, 0.15) is 11.9 Å². The lowest BCUT2D eigenvalue weighted by molar-refractivity contribution is -0.128. The monoisotopic (exact) mass is 585 g/mol. The summed E-state index contributed by atoms with van der Waals surface area (Å²) in [7, 11) is 0. The van der Waals surface area contributed by atoms with Crippen molar-refractivity contribution in [2.75, 3.05) is 45.9 Å². The minimum absolute atomic E-state index is 0.0805. The number of hydrogen-bond acceptors (Lipinski definition) is 7. The van der Waals surface area contributed by atoms with Gasteiger partial charge in [0.05, 0.1) is 13.2 Å². The Morgan fingerprint density at radius 3 is 2.46 bits per heavy atom. The summed E-state index contributed by atoms with van der Waals surface area (Å²) in [5.74, 6) is -0.696. The van der Waals surface area contributed by atoms with Crippen LogP contribution >= 0.6 is 11.3 Å². The number of carbonyl (C=O) groups is 2. The van der Waals surface area contributed by atoms with E-state index in [1.807, 2.05) is 11.3 Å². The fraction of sp³-hybridized carbons (Fsp3) is 0.613. The lowest BCUT2D eigenvalue weighted by atomic mass is 9.90. The molecule has 41 heavy (non-hydrogen) atoms. The first-order chi connectivity index (χ1) is 19.9. The lowest BCUT2D eigenvalue weighted by Gasteiger charge is -2.44. The van der Waals surface area contributed by atoms with Gasteiger partial charge < -0.3 is 20.7 Å². The van der Waals surface area contributed by atoms with E-state index in [1.54, 1.807) is 4.90 Å². The van der Waals surface area contributed by atoms with E-state index in [-0.39, 0.29) is 35.8 Å². The summed E-state index contributed by atoms with van der Waals surface area (Å²) in [5, 5.41) is 3.26. The number of morpholine rings is 1. The first kappa shape index (κ1) is 30.1. The van der Waals surface area contributed by atoms with E-state index < -0.39 is 6.04 Å². The first-order valence-corrected chi connectivity index (χ1v) is 15.9. The van der Waals surface area contributed by atoms with E-state index in [0.29, 0.717) is 18.5 Å². The van der Waals surface area contributed by atoms with Gasteiger partial charge in [-0.25, -0.2) is 4.39 Å². The van der Waals surface area contributed by atoms with E-state index in [0.717, 1.165) is 78.0 Å². The number of aryl methyl sites for hydroxylation is 1. The van der Waals surface area contributed by atoms with Crippen LogP contribution in [0, 0.1) is 12.7 Å². The Bertz CT molecular complexity index is 1150. The number of likely N-dealkylation sites (tertiary alicyclic amines) is 1. The van der Waals surface area contributed by atoms with Gasteiger partial charge >= 0.3 is 0 Å². The normalized spacial score (nSPS) is 25.8. The second kappa shape index (κ2) is 14.2. The van der Waals surface area contributed by atoms with Crippen LogP contribution in [0.4, 0.5) is 4.39 Å². The number of carbonyl (C=O) groups excluding carboxylic acids is 2. The Morgan fingerprint density at radius 2 is 1.78 bits per heavy atom. The van der Waals surface area contributed by atoms with Crippen LogP contribution in [-0.2, 0) is 16.1 Å². The molecule has 2 saturated heterocycles. The van der Waals surface area contributed by atoms with Crippen molar-refractivity contribution in [2.24, 2.45) is 5.73 Å². The van der Waals surface area contributed by atoms with Crippen molar-refractivity contribution in [1.29, 1.82) is 0 Å². The predicted octanol–water partition coefficient (Wildman–Crippen LogP) is 3.39. The van der Waals surface area contributed by atoms with E-state index in [9.17, 15) is 14.0 Å². The van der Waals surface area contributed by atoms with E-state index in [4.69, 9.17) is 10.5 Å². The van der Waals surface area contributed by atoms with Gasteiger partial charge in [-0.1, -0.05) is 0 Å². The maximum Gasteiger partial charge on any atom is 0.254 e. The Kier molecular flexibility index (Phi) is 10.4. The smallest absolute Gasteiger partial charge is 0.254 e. The van der Waals surface area contributed by atoms with Crippen LogP contribution in [0.1, 0.15) is 58.6 Å². The topological polar surface area (TPSA) is 91.1 Å². The van der Waals surface area contributed by atoms with Gasteiger partial charge in [-0.05, 0) is 81.8 Å². The molecule has 1 unspecified atom stereocenters. The molecule has 10 heteroatoms. The van der Waals surface area contributed by atoms with Gasteiger partial charge in [-0.2, -0.15) is 0 Å². The van der Waals surface area contributed by atoms with Crippen molar-refractivity contribution in [3.05, 3.63) is 57.5 Å². The number of thiophene rings is 1. The number of halogens is 1. The van der Waals surface area contributed by atoms with Gasteiger partial charge in [0.25, 0.3) is 5.91 Å². The molecule has 1 aromatic heterocycles. The number of amides is 2. The van der Waals surface area contributed by atoms with E-state index in [1.165, 1.54) is 34.0 Å². The van der Waals surface area contributed by atoms with Crippen molar-refractivity contribution in [3.63, 3.8) is 0 Å². The molecule has 0 radical (unpaired) electrons. The van der Waals surface area contributed by atoms with Crippen LogP contribution in [0.15, 0.2) is 36.4 Å². The zero-order valence-electron chi connectivity index (χ0n) is 24.1. The summed E-state index contributed by atoms with van der Waals surface area (Å²) < 4.78 is 19.1. The summed E-state index contributed by atoms with van der Waals surface area (Å²) in [4.78, 5) is 36.8. The van der Waals surface area contributed by atoms with Gasteiger partial charge in [-0.15, -0.1) is 11.3 Å². The second-order valence-electron chi connectivity index (χ2n) is 11.8. The fourth-order valence-electron chi connectivity index (χ4n) is 6.34. The first-order valence-electron chi connectivity index (χ1n) is 15.1. The molecule has 224 valence electrons. The minimum atomic E-state index is -0.585. The summed E-state index contributed by atoms with van der Waals surface area (Å²) in [6.07, 6.45) is 4.86. The summed E-state index contributed by atoms with van der Waals surface area (Å²) in [6.45, 7) is 8.68. The Morgan fingerprint density at radius 1 is 1.05 bits per heavy atom. The van der Waals surface area contributed by atoms with Crippen LogP contribution in [0.3, 0.4) is 0 Å². The molecule has 0 bridgehead atoms. The number of benzene rings is 1. The highest BCUT2D eigenvalue weighted by atomic mass is 32.1. The molecule has 3 N–H and O–H groups in total. The molecular formula is C31H44FN5O3S. The van der Waals surface area contributed by atoms with Crippen LogP contribution in [0.5, 0.6) is 0 Å². The van der Waals surface area contributed by atoms with Gasteiger partial charge in [0.2, 0.25) is 5.91 Å². The van der Waals surface area contributed by atoms with Crippen molar-refractivity contribution in [3.8, 4) is 0 Å². The standard InChI is InChI=1S/C31H44FN5O3S/c1-22-2-11-28(41-22)21-36(15-14-35-16-18-40-19-17-35)27-12-13-37(31(39)23-3-5-24(32)6-4-23)29(20-27)30(38)34-26-9-7-25(33)8-10-26/h2-6,11,25-27,29H,7-10,12-21,33H2,1H3,(H,34,38)/t25?,26?,27?,29-/m1/s1. The molecule has 1 saturated carbocycles. The molecule has 3 fully saturated rings. The third-order valence-corrected chi connectivity index (χ3v) is 9.81. The molecule has 8 nitrogen and oxygen atoms in total. The third kappa shape index (κ3) is 8.14. The molecule has 2 amide bonds. The van der Waals surface area contributed by atoms with Crippen molar-refractivity contribution >= 4 is 23.2 Å². The second-order valence-corrected chi connectivity index (χ2v) is 13.1. The molecule has 1 aliphatic carbocycles. The largest absolute Gasteiger partial charge is 0.379 e. The number of ether oxygens (including phenoxy) is 1. The zero-order chi connectivity index (χ0) is 28.8. The Hall–Kier alpha value is -2.37. The summed E-state index contributed by atoms with van der Waals surface area (Å²) in [6, 6.07) is 9.83. The molecule has 2 aliphatic heterocycles. The van der Waals surface area contributed by atoms with Crippen LogP contribution in [0.25, 0.3) is 0 Å². The number of rotatable bonds is 9. The van der Waals surface area contributed by atoms with Crippen LogP contribution in [-0.4, -0.2) is 96.6 Å².